The Morgan fingerprint density at radius 2 is 1.36 bits per heavy atom. The molecule has 0 spiro atoms. The van der Waals surface area contributed by atoms with Gasteiger partial charge >= 0.3 is 0 Å². The van der Waals surface area contributed by atoms with Crippen molar-refractivity contribution in [2.75, 3.05) is 5.73 Å². The van der Waals surface area contributed by atoms with Crippen LogP contribution in [0.4, 0.5) is 5.69 Å². The van der Waals surface area contributed by atoms with Crippen molar-refractivity contribution in [2.24, 2.45) is 0 Å². The number of aryl methyl sites for hydroxylation is 1. The average molecular weight is 448 g/mol. The molecule has 1 aliphatic rings. The number of hydrogen-bond donors (Lipinski definition) is 1. The normalized spacial score (nSPS) is 15.6. The molecule has 182 valence electrons. The first-order valence-corrected chi connectivity index (χ1v) is 14.1. The Labute approximate surface area is 204 Å². The number of anilines is 1. The third-order valence-corrected chi connectivity index (χ3v) is 7.93. The minimum absolute atomic E-state index is 0.486. The summed E-state index contributed by atoms with van der Waals surface area (Å²) in [5, 5.41) is 0. The first kappa shape index (κ1) is 25.9. The molecule has 0 aromatic heterocycles. The Morgan fingerprint density at radius 1 is 0.758 bits per heavy atom. The monoisotopic (exact) mass is 447 g/mol. The van der Waals surface area contributed by atoms with Gasteiger partial charge in [-0.15, -0.1) is 0 Å². The zero-order valence-electron chi connectivity index (χ0n) is 21.6. The lowest BCUT2D eigenvalue weighted by Gasteiger charge is -2.24. The molecule has 1 unspecified atom stereocenters. The number of unbranched alkanes of at least 4 members (excludes halogenated alkanes) is 9. The van der Waals surface area contributed by atoms with Gasteiger partial charge in [0.05, 0.1) is 0 Å². The fourth-order valence-corrected chi connectivity index (χ4v) is 5.86. The second kappa shape index (κ2) is 14.5. The predicted molar refractivity (Wildman–Crippen MR) is 146 cm³/mol. The van der Waals surface area contributed by atoms with E-state index in [1.54, 1.807) is 5.56 Å². The van der Waals surface area contributed by atoms with Gasteiger partial charge < -0.3 is 5.73 Å². The molecular formula is C32H49N. The van der Waals surface area contributed by atoms with Crippen molar-refractivity contribution >= 4 is 5.69 Å². The van der Waals surface area contributed by atoms with Crippen LogP contribution in [0.25, 0.3) is 0 Å². The number of nitrogen functional groups attached to an aromatic ring is 1. The molecule has 0 bridgehead atoms. The van der Waals surface area contributed by atoms with Crippen LogP contribution in [0.3, 0.4) is 0 Å². The van der Waals surface area contributed by atoms with Crippen LogP contribution in [0.2, 0.25) is 0 Å². The van der Waals surface area contributed by atoms with E-state index in [-0.39, 0.29) is 0 Å². The minimum Gasteiger partial charge on any atom is -0.399 e. The highest BCUT2D eigenvalue weighted by molar-refractivity contribution is 5.48. The maximum Gasteiger partial charge on any atom is 0.0316 e. The van der Waals surface area contributed by atoms with Crippen LogP contribution < -0.4 is 5.73 Å². The summed E-state index contributed by atoms with van der Waals surface area (Å²) in [7, 11) is 0. The zero-order valence-corrected chi connectivity index (χ0v) is 21.6. The highest BCUT2D eigenvalue weighted by atomic mass is 14.5. The van der Waals surface area contributed by atoms with E-state index in [1.165, 1.54) is 119 Å². The summed E-state index contributed by atoms with van der Waals surface area (Å²) in [6, 6.07) is 16.2. The molecular weight excluding hydrogens is 398 g/mol. The van der Waals surface area contributed by atoms with Crippen molar-refractivity contribution < 1.29 is 0 Å². The number of rotatable bonds is 14. The molecule has 2 aromatic rings. The van der Waals surface area contributed by atoms with Crippen molar-refractivity contribution in [1.29, 1.82) is 0 Å². The van der Waals surface area contributed by atoms with Crippen molar-refractivity contribution in [3.05, 3.63) is 64.7 Å². The van der Waals surface area contributed by atoms with Crippen LogP contribution >= 0.6 is 0 Å². The van der Waals surface area contributed by atoms with Crippen LogP contribution in [-0.2, 0) is 0 Å². The van der Waals surface area contributed by atoms with Crippen molar-refractivity contribution in [1.82, 2.24) is 0 Å². The molecule has 0 aliphatic heterocycles. The number of nitrogens with two attached hydrogens (primary N) is 1. The van der Waals surface area contributed by atoms with Gasteiger partial charge in [-0.2, -0.15) is 0 Å². The van der Waals surface area contributed by atoms with Gasteiger partial charge in [-0.05, 0) is 66.5 Å². The third-order valence-electron chi connectivity index (χ3n) is 7.93. The highest BCUT2D eigenvalue weighted by Gasteiger charge is 2.19. The smallest absolute Gasteiger partial charge is 0.0316 e. The SMILES string of the molecule is CCCCCCCCCCCCC(c1ccc(C2CCCCC2)cc1)c1ccc(N)cc1C. The van der Waals surface area contributed by atoms with E-state index in [0.717, 1.165) is 11.6 Å². The van der Waals surface area contributed by atoms with E-state index in [1.807, 2.05) is 0 Å². The summed E-state index contributed by atoms with van der Waals surface area (Å²) in [5.41, 5.74) is 12.8. The first-order chi connectivity index (χ1) is 16.2. The predicted octanol–water partition coefficient (Wildman–Crippen LogP) is 10.1. The van der Waals surface area contributed by atoms with Gasteiger partial charge in [0.25, 0.3) is 0 Å². The Morgan fingerprint density at radius 3 is 1.97 bits per heavy atom. The van der Waals surface area contributed by atoms with Gasteiger partial charge in [0.2, 0.25) is 0 Å². The van der Waals surface area contributed by atoms with Crippen molar-refractivity contribution in [3.63, 3.8) is 0 Å². The van der Waals surface area contributed by atoms with E-state index >= 15 is 0 Å². The summed E-state index contributed by atoms with van der Waals surface area (Å²) < 4.78 is 0. The molecule has 1 saturated carbocycles. The molecule has 1 fully saturated rings. The van der Waals surface area contributed by atoms with E-state index in [4.69, 9.17) is 5.73 Å². The maximum absolute atomic E-state index is 6.08. The minimum atomic E-state index is 0.486. The topological polar surface area (TPSA) is 26.0 Å². The van der Waals surface area contributed by atoms with Gasteiger partial charge in [-0.3, -0.25) is 0 Å². The first-order valence-electron chi connectivity index (χ1n) is 14.1. The van der Waals surface area contributed by atoms with Gasteiger partial charge in [0.15, 0.2) is 0 Å². The van der Waals surface area contributed by atoms with Crippen LogP contribution in [0.1, 0.15) is 144 Å². The summed E-state index contributed by atoms with van der Waals surface area (Å²) in [4.78, 5) is 0. The molecule has 1 nitrogen and oxygen atoms in total. The fraction of sp³-hybridized carbons (Fsp3) is 0.625. The molecule has 1 heteroatoms. The van der Waals surface area contributed by atoms with E-state index in [9.17, 15) is 0 Å². The quantitative estimate of drug-likeness (QED) is 0.226. The Hall–Kier alpha value is -1.76. The molecule has 2 N–H and O–H groups in total. The van der Waals surface area contributed by atoms with Gasteiger partial charge in [0, 0.05) is 11.6 Å². The Kier molecular flexibility index (Phi) is 11.4. The van der Waals surface area contributed by atoms with E-state index in [0.29, 0.717) is 5.92 Å². The number of benzene rings is 2. The summed E-state index contributed by atoms with van der Waals surface area (Å²) >= 11 is 0. The summed E-state index contributed by atoms with van der Waals surface area (Å²) in [6.07, 6.45) is 22.2. The van der Waals surface area contributed by atoms with Crippen LogP contribution in [0.5, 0.6) is 0 Å². The van der Waals surface area contributed by atoms with Crippen molar-refractivity contribution in [3.8, 4) is 0 Å². The Bertz CT molecular complexity index is 785. The van der Waals surface area contributed by atoms with Gasteiger partial charge in [0.1, 0.15) is 0 Å². The lowest BCUT2D eigenvalue weighted by molar-refractivity contribution is 0.443. The molecule has 3 rings (SSSR count). The molecule has 0 amide bonds. The Balaban J connectivity index is 1.56. The highest BCUT2D eigenvalue weighted by Crippen LogP contribution is 2.36. The van der Waals surface area contributed by atoms with Gasteiger partial charge in [-0.25, -0.2) is 0 Å². The van der Waals surface area contributed by atoms with Crippen molar-refractivity contribution in [2.45, 2.75) is 128 Å². The lowest BCUT2D eigenvalue weighted by Crippen LogP contribution is -2.07. The molecule has 33 heavy (non-hydrogen) atoms. The third kappa shape index (κ3) is 8.51. The van der Waals surface area contributed by atoms with Gasteiger partial charge in [-0.1, -0.05) is 121 Å². The molecule has 2 aromatic carbocycles. The van der Waals surface area contributed by atoms with Crippen LogP contribution in [0, 0.1) is 6.92 Å². The fourth-order valence-electron chi connectivity index (χ4n) is 5.86. The average Bonchev–Trinajstić information content (AvgIpc) is 2.84. The second-order valence-electron chi connectivity index (χ2n) is 10.6. The second-order valence-corrected chi connectivity index (χ2v) is 10.6. The van der Waals surface area contributed by atoms with E-state index < -0.39 is 0 Å². The summed E-state index contributed by atoms with van der Waals surface area (Å²) in [5.74, 6) is 1.27. The van der Waals surface area contributed by atoms with Crippen LogP contribution in [0.15, 0.2) is 42.5 Å². The summed E-state index contributed by atoms with van der Waals surface area (Å²) in [6.45, 7) is 4.53. The lowest BCUT2D eigenvalue weighted by atomic mass is 9.81. The molecule has 1 aliphatic carbocycles. The molecule has 1 atom stereocenters. The standard InChI is InChI=1S/C32H49N/c1-3-4-5-6-7-8-9-10-11-15-18-32(31-24-23-30(33)25-26(31)2)29-21-19-28(20-22-29)27-16-13-12-14-17-27/h19-25,27,32H,3-18,33H2,1-2H3. The number of hydrogen-bond acceptors (Lipinski definition) is 1. The molecule has 0 saturated heterocycles. The van der Waals surface area contributed by atoms with E-state index in [2.05, 4.69) is 56.3 Å². The molecule has 0 radical (unpaired) electrons. The maximum atomic E-state index is 6.08. The van der Waals surface area contributed by atoms with Crippen LogP contribution in [-0.4, -0.2) is 0 Å². The molecule has 0 heterocycles. The zero-order chi connectivity index (χ0) is 23.3. The largest absolute Gasteiger partial charge is 0.399 e.